The van der Waals surface area contributed by atoms with Crippen molar-refractivity contribution in [3.8, 4) is 5.75 Å². The van der Waals surface area contributed by atoms with Crippen LogP contribution >= 0.6 is 22.6 Å². The van der Waals surface area contributed by atoms with Crippen molar-refractivity contribution in [3.05, 3.63) is 63.2 Å². The number of carbonyl (C=O) groups is 1. The Labute approximate surface area is 145 Å². The fourth-order valence-electron chi connectivity index (χ4n) is 3.03. The predicted octanol–water partition coefficient (Wildman–Crippen LogP) is 5.56. The van der Waals surface area contributed by atoms with Gasteiger partial charge in [-0.25, -0.2) is 4.79 Å². The van der Waals surface area contributed by atoms with E-state index >= 15 is 0 Å². The lowest BCUT2D eigenvalue weighted by atomic mass is 9.84. The number of halogens is 1. The lowest BCUT2D eigenvalue weighted by molar-refractivity contribution is 0.0733. The Hall–Kier alpha value is -1.36. The zero-order valence-corrected chi connectivity index (χ0v) is 14.6. The third-order valence-electron chi connectivity index (χ3n) is 4.26. The van der Waals surface area contributed by atoms with Crippen molar-refractivity contribution in [1.82, 2.24) is 0 Å². The zero-order valence-electron chi connectivity index (χ0n) is 12.4. The summed E-state index contributed by atoms with van der Waals surface area (Å²) in [4.78, 5) is 12.2. The van der Waals surface area contributed by atoms with E-state index in [2.05, 4.69) is 34.7 Å². The van der Waals surface area contributed by atoms with E-state index in [9.17, 15) is 4.79 Å². The van der Waals surface area contributed by atoms with E-state index in [0.29, 0.717) is 17.2 Å². The molecule has 0 amide bonds. The molecular weight excluding hydrogens is 387 g/mol. The lowest BCUT2D eigenvalue weighted by Crippen LogP contribution is -2.10. The quantitative estimate of drug-likeness (QED) is 0.379. The molecule has 0 heterocycles. The highest BCUT2D eigenvalue weighted by Crippen LogP contribution is 2.33. The van der Waals surface area contributed by atoms with Gasteiger partial charge in [-0.1, -0.05) is 43.5 Å². The first-order valence-corrected chi connectivity index (χ1v) is 8.88. The summed E-state index contributed by atoms with van der Waals surface area (Å²) in [6.45, 7) is 0. The minimum Gasteiger partial charge on any atom is -0.423 e. The summed E-state index contributed by atoms with van der Waals surface area (Å²) in [6, 6.07) is 15.5. The molecule has 2 aromatic rings. The number of hydrogen-bond acceptors (Lipinski definition) is 2. The van der Waals surface area contributed by atoms with Crippen molar-refractivity contribution >= 4 is 28.6 Å². The molecule has 22 heavy (non-hydrogen) atoms. The summed E-state index contributed by atoms with van der Waals surface area (Å²) in [6.07, 6.45) is 6.58. The van der Waals surface area contributed by atoms with Crippen molar-refractivity contribution in [2.45, 2.75) is 38.0 Å². The minimum absolute atomic E-state index is 0.296. The van der Waals surface area contributed by atoms with Gasteiger partial charge in [0.25, 0.3) is 0 Å². The van der Waals surface area contributed by atoms with Crippen molar-refractivity contribution in [2.24, 2.45) is 0 Å². The Kier molecular flexibility index (Phi) is 5.13. The molecule has 0 unspecified atom stereocenters. The van der Waals surface area contributed by atoms with Gasteiger partial charge in [-0.3, -0.25) is 0 Å². The molecule has 2 aromatic carbocycles. The average molecular weight is 406 g/mol. The highest BCUT2D eigenvalue weighted by Gasteiger charge is 2.16. The summed E-state index contributed by atoms with van der Waals surface area (Å²) in [7, 11) is 0. The van der Waals surface area contributed by atoms with Gasteiger partial charge in [0.1, 0.15) is 5.75 Å². The summed E-state index contributed by atoms with van der Waals surface area (Å²) in [5.41, 5.74) is 1.98. The van der Waals surface area contributed by atoms with E-state index in [1.807, 2.05) is 30.3 Å². The number of carbonyl (C=O) groups excluding carboxylic acids is 1. The maximum absolute atomic E-state index is 12.2. The van der Waals surface area contributed by atoms with Crippen molar-refractivity contribution in [3.63, 3.8) is 0 Å². The van der Waals surface area contributed by atoms with Crippen LogP contribution < -0.4 is 4.74 Å². The van der Waals surface area contributed by atoms with Crippen LogP contribution in [0.1, 0.15) is 53.9 Å². The molecule has 3 heteroatoms. The van der Waals surface area contributed by atoms with E-state index < -0.39 is 0 Å². The molecule has 0 spiro atoms. The molecule has 1 fully saturated rings. The Bertz CT molecular complexity index is 643. The first kappa shape index (κ1) is 15.5. The van der Waals surface area contributed by atoms with Crippen LogP contribution in [-0.2, 0) is 0 Å². The number of esters is 1. The largest absolute Gasteiger partial charge is 0.423 e. The second-order valence-corrected chi connectivity index (χ2v) is 6.94. The fraction of sp³-hybridized carbons (Fsp3) is 0.316. The van der Waals surface area contributed by atoms with Crippen LogP contribution in [0.5, 0.6) is 5.75 Å². The molecule has 1 saturated carbocycles. The number of benzene rings is 2. The smallest absolute Gasteiger partial charge is 0.344 e. The third kappa shape index (κ3) is 3.69. The Morgan fingerprint density at radius 3 is 2.32 bits per heavy atom. The Morgan fingerprint density at radius 1 is 0.955 bits per heavy atom. The Balaban J connectivity index is 1.68. The SMILES string of the molecule is O=C(Oc1ccc(C2CCCCC2)cc1)c1ccccc1I. The van der Waals surface area contributed by atoms with E-state index in [1.54, 1.807) is 6.07 Å². The topological polar surface area (TPSA) is 26.3 Å². The second-order valence-electron chi connectivity index (χ2n) is 5.77. The van der Waals surface area contributed by atoms with Gasteiger partial charge in [0.05, 0.1) is 5.56 Å². The molecule has 0 saturated heterocycles. The highest BCUT2D eigenvalue weighted by molar-refractivity contribution is 14.1. The number of ether oxygens (including phenoxy) is 1. The molecule has 1 aliphatic rings. The van der Waals surface area contributed by atoms with Crippen LogP contribution in [-0.4, -0.2) is 5.97 Å². The van der Waals surface area contributed by atoms with E-state index in [0.717, 1.165) is 3.57 Å². The molecule has 1 aliphatic carbocycles. The summed E-state index contributed by atoms with van der Waals surface area (Å²) < 4.78 is 6.39. The highest BCUT2D eigenvalue weighted by atomic mass is 127. The predicted molar refractivity (Wildman–Crippen MR) is 96.4 cm³/mol. The maximum atomic E-state index is 12.2. The van der Waals surface area contributed by atoms with Crippen molar-refractivity contribution in [2.75, 3.05) is 0 Å². The molecule has 0 aliphatic heterocycles. The van der Waals surface area contributed by atoms with Crippen LogP contribution in [0.15, 0.2) is 48.5 Å². The van der Waals surface area contributed by atoms with Crippen LogP contribution in [0, 0.1) is 3.57 Å². The number of rotatable bonds is 3. The molecule has 0 N–H and O–H groups in total. The van der Waals surface area contributed by atoms with E-state index in [-0.39, 0.29) is 5.97 Å². The van der Waals surface area contributed by atoms with Gasteiger partial charge in [0, 0.05) is 3.57 Å². The van der Waals surface area contributed by atoms with Crippen molar-refractivity contribution < 1.29 is 9.53 Å². The maximum Gasteiger partial charge on any atom is 0.344 e. The van der Waals surface area contributed by atoms with Gasteiger partial charge in [-0.2, -0.15) is 0 Å². The van der Waals surface area contributed by atoms with Gasteiger partial charge >= 0.3 is 5.97 Å². The van der Waals surface area contributed by atoms with Crippen LogP contribution in [0.4, 0.5) is 0 Å². The van der Waals surface area contributed by atoms with Crippen LogP contribution in [0.3, 0.4) is 0 Å². The monoisotopic (exact) mass is 406 g/mol. The first-order valence-electron chi connectivity index (χ1n) is 7.81. The molecule has 0 bridgehead atoms. The van der Waals surface area contributed by atoms with Gasteiger partial charge in [-0.05, 0) is 71.2 Å². The first-order chi connectivity index (χ1) is 10.7. The minimum atomic E-state index is -0.296. The molecular formula is C19H19IO2. The van der Waals surface area contributed by atoms with Gasteiger partial charge in [0.15, 0.2) is 0 Å². The van der Waals surface area contributed by atoms with Crippen molar-refractivity contribution in [1.29, 1.82) is 0 Å². The number of hydrogen-bond donors (Lipinski definition) is 0. The lowest BCUT2D eigenvalue weighted by Gasteiger charge is -2.22. The molecule has 0 atom stereocenters. The summed E-state index contributed by atoms with van der Waals surface area (Å²) >= 11 is 2.15. The zero-order chi connectivity index (χ0) is 15.4. The molecule has 3 rings (SSSR count). The molecule has 114 valence electrons. The third-order valence-corrected chi connectivity index (χ3v) is 5.20. The molecule has 2 nitrogen and oxygen atoms in total. The van der Waals surface area contributed by atoms with Gasteiger partial charge < -0.3 is 4.74 Å². The van der Waals surface area contributed by atoms with Gasteiger partial charge in [0.2, 0.25) is 0 Å². The van der Waals surface area contributed by atoms with Gasteiger partial charge in [-0.15, -0.1) is 0 Å². The average Bonchev–Trinajstić information content (AvgIpc) is 2.57. The van der Waals surface area contributed by atoms with Crippen LogP contribution in [0.2, 0.25) is 0 Å². The molecule has 0 aromatic heterocycles. The summed E-state index contributed by atoms with van der Waals surface area (Å²) in [5.74, 6) is 0.994. The molecule has 0 radical (unpaired) electrons. The second kappa shape index (κ2) is 7.27. The Morgan fingerprint density at radius 2 is 1.64 bits per heavy atom. The van der Waals surface area contributed by atoms with E-state index in [4.69, 9.17) is 4.74 Å². The summed E-state index contributed by atoms with van der Waals surface area (Å²) in [5, 5.41) is 0. The van der Waals surface area contributed by atoms with Crippen LogP contribution in [0.25, 0.3) is 0 Å². The standard InChI is InChI=1S/C19H19IO2/c20-18-9-5-4-8-17(18)19(21)22-16-12-10-15(11-13-16)14-6-2-1-3-7-14/h4-5,8-14H,1-3,6-7H2. The van der Waals surface area contributed by atoms with E-state index in [1.165, 1.54) is 37.7 Å². The normalized spacial score (nSPS) is 15.5. The fourth-order valence-corrected chi connectivity index (χ4v) is 3.64.